The molecule has 1 atom stereocenters. The third-order valence-electron chi connectivity index (χ3n) is 4.11. The van der Waals surface area contributed by atoms with Gasteiger partial charge in [0, 0.05) is 13.2 Å². The van der Waals surface area contributed by atoms with E-state index in [2.05, 4.69) is 5.32 Å². The first kappa shape index (κ1) is 13.3. The van der Waals surface area contributed by atoms with Gasteiger partial charge in [-0.2, -0.15) is 0 Å². The Balaban J connectivity index is 1.82. The number of aliphatic carboxylic acids is 1. The minimum Gasteiger partial charge on any atom is -0.481 e. The Bertz CT molecular complexity index is 328. The van der Waals surface area contributed by atoms with E-state index in [4.69, 9.17) is 9.84 Å². The van der Waals surface area contributed by atoms with Crippen molar-refractivity contribution in [3.63, 3.8) is 0 Å². The summed E-state index contributed by atoms with van der Waals surface area (Å²) in [7, 11) is 1.64. The minimum absolute atomic E-state index is 0.0242. The molecule has 0 aromatic carbocycles. The number of carboxylic acid groups (broad SMARTS) is 1. The van der Waals surface area contributed by atoms with Gasteiger partial charge in [0.05, 0.1) is 18.4 Å². The van der Waals surface area contributed by atoms with Crippen LogP contribution in [-0.4, -0.2) is 35.7 Å². The normalized spacial score (nSPS) is 22.9. The summed E-state index contributed by atoms with van der Waals surface area (Å²) < 4.78 is 5.41. The van der Waals surface area contributed by atoms with Gasteiger partial charge in [0.1, 0.15) is 0 Å². The molecule has 2 aliphatic carbocycles. The van der Waals surface area contributed by atoms with Crippen LogP contribution in [0.3, 0.4) is 0 Å². The number of hydrogen-bond donors (Lipinski definition) is 2. The van der Waals surface area contributed by atoms with Gasteiger partial charge in [0.25, 0.3) is 0 Å². The van der Waals surface area contributed by atoms with Gasteiger partial charge >= 0.3 is 5.97 Å². The van der Waals surface area contributed by atoms with Crippen LogP contribution in [0.25, 0.3) is 0 Å². The van der Waals surface area contributed by atoms with Crippen LogP contribution >= 0.6 is 0 Å². The lowest BCUT2D eigenvalue weighted by Crippen LogP contribution is -2.46. The molecule has 2 rings (SSSR count). The van der Waals surface area contributed by atoms with Gasteiger partial charge in [-0.3, -0.25) is 9.59 Å². The maximum absolute atomic E-state index is 12.0. The maximum Gasteiger partial charge on any atom is 0.305 e. The van der Waals surface area contributed by atoms with Crippen LogP contribution in [0.2, 0.25) is 0 Å². The number of hydrogen-bond acceptors (Lipinski definition) is 3. The number of amides is 1. The number of carboxylic acids is 1. The van der Waals surface area contributed by atoms with E-state index >= 15 is 0 Å². The lowest BCUT2D eigenvalue weighted by molar-refractivity contribution is -0.138. The van der Waals surface area contributed by atoms with Gasteiger partial charge in [-0.15, -0.1) is 0 Å². The lowest BCUT2D eigenvalue weighted by Gasteiger charge is -2.40. The molecule has 0 radical (unpaired) electrons. The van der Waals surface area contributed by atoms with E-state index < -0.39 is 5.97 Å². The molecule has 0 aliphatic heterocycles. The Morgan fingerprint density at radius 1 is 1.44 bits per heavy atom. The quantitative estimate of drug-likeness (QED) is 0.719. The molecule has 2 saturated carbocycles. The molecule has 1 unspecified atom stereocenters. The fraction of sp³-hybridized carbons (Fsp3) is 0.846. The van der Waals surface area contributed by atoms with Crippen molar-refractivity contribution in [1.82, 2.24) is 5.32 Å². The molecule has 102 valence electrons. The van der Waals surface area contributed by atoms with E-state index in [0.29, 0.717) is 12.3 Å². The van der Waals surface area contributed by atoms with E-state index in [9.17, 15) is 9.59 Å². The fourth-order valence-electron chi connectivity index (χ4n) is 2.60. The number of ether oxygens (including phenoxy) is 1. The van der Waals surface area contributed by atoms with Crippen LogP contribution in [0.15, 0.2) is 0 Å². The average molecular weight is 255 g/mol. The topological polar surface area (TPSA) is 75.6 Å². The largest absolute Gasteiger partial charge is 0.481 e. The van der Waals surface area contributed by atoms with Gasteiger partial charge < -0.3 is 15.2 Å². The van der Waals surface area contributed by atoms with E-state index in [-0.39, 0.29) is 24.0 Å². The third kappa shape index (κ3) is 3.22. The monoisotopic (exact) mass is 255 g/mol. The summed E-state index contributed by atoms with van der Waals surface area (Å²) in [5.41, 5.74) is -0.290. The highest BCUT2D eigenvalue weighted by Crippen LogP contribution is 2.38. The van der Waals surface area contributed by atoms with Crippen molar-refractivity contribution in [3.05, 3.63) is 0 Å². The molecule has 0 spiro atoms. The second-order valence-corrected chi connectivity index (χ2v) is 5.53. The Kier molecular flexibility index (Phi) is 3.90. The molecule has 0 aromatic rings. The number of methoxy groups -OCH3 is 1. The summed E-state index contributed by atoms with van der Waals surface area (Å²) >= 11 is 0. The molecular formula is C13H21NO4. The molecule has 5 nitrogen and oxygen atoms in total. The molecule has 0 bridgehead atoms. The van der Waals surface area contributed by atoms with Gasteiger partial charge in [0.15, 0.2) is 0 Å². The van der Waals surface area contributed by atoms with E-state index in [1.165, 1.54) is 0 Å². The van der Waals surface area contributed by atoms with Gasteiger partial charge in [0.2, 0.25) is 5.91 Å². The predicted octanol–water partition coefficient (Wildman–Crippen LogP) is 1.32. The second kappa shape index (κ2) is 5.26. The molecule has 0 aromatic heterocycles. The van der Waals surface area contributed by atoms with Crippen LogP contribution in [0.5, 0.6) is 0 Å². The van der Waals surface area contributed by atoms with Crippen LogP contribution in [0, 0.1) is 5.92 Å². The average Bonchev–Trinajstić information content (AvgIpc) is 3.05. The number of carbonyl (C=O) groups excluding carboxylic acids is 1. The summed E-state index contributed by atoms with van der Waals surface area (Å²) in [6, 6.07) is -0.205. The zero-order valence-corrected chi connectivity index (χ0v) is 10.8. The summed E-state index contributed by atoms with van der Waals surface area (Å²) in [6.07, 6.45) is 5.36. The molecular weight excluding hydrogens is 234 g/mol. The lowest BCUT2D eigenvalue weighted by atomic mass is 9.77. The summed E-state index contributed by atoms with van der Waals surface area (Å²) in [5.74, 6) is -0.572. The summed E-state index contributed by atoms with van der Waals surface area (Å²) in [5, 5.41) is 11.7. The molecule has 1 amide bonds. The smallest absolute Gasteiger partial charge is 0.305 e. The Hall–Kier alpha value is -1.10. The fourth-order valence-corrected chi connectivity index (χ4v) is 2.60. The molecule has 0 saturated heterocycles. The van der Waals surface area contributed by atoms with Gasteiger partial charge in [-0.1, -0.05) is 0 Å². The predicted molar refractivity (Wildman–Crippen MR) is 65.1 cm³/mol. The first-order valence-electron chi connectivity index (χ1n) is 6.61. The van der Waals surface area contributed by atoms with Crippen molar-refractivity contribution >= 4 is 11.9 Å². The van der Waals surface area contributed by atoms with Crippen molar-refractivity contribution in [2.75, 3.05) is 7.11 Å². The standard InChI is InChI=1S/C13H21NO4/c1-18-13(5-2-6-13)8-11(15)14-10(7-12(16)17)9-3-4-9/h9-10H,2-8H2,1H3,(H,14,15)(H,16,17). The van der Waals surface area contributed by atoms with Gasteiger partial charge in [-0.25, -0.2) is 0 Å². The van der Waals surface area contributed by atoms with E-state index in [1.807, 2.05) is 0 Å². The van der Waals surface area contributed by atoms with Crippen LogP contribution in [0.1, 0.15) is 44.9 Å². The molecule has 2 N–H and O–H groups in total. The number of nitrogens with one attached hydrogen (secondary N) is 1. The van der Waals surface area contributed by atoms with Crippen molar-refractivity contribution in [3.8, 4) is 0 Å². The second-order valence-electron chi connectivity index (χ2n) is 5.53. The molecule has 18 heavy (non-hydrogen) atoms. The highest BCUT2D eigenvalue weighted by molar-refractivity contribution is 5.78. The SMILES string of the molecule is COC1(CC(=O)NC(CC(=O)O)C2CC2)CCC1. The molecule has 5 heteroatoms. The Morgan fingerprint density at radius 2 is 2.11 bits per heavy atom. The molecule has 2 fully saturated rings. The van der Waals surface area contributed by atoms with Crippen molar-refractivity contribution in [2.45, 2.75) is 56.6 Å². The van der Waals surface area contributed by atoms with Crippen molar-refractivity contribution in [1.29, 1.82) is 0 Å². The molecule has 2 aliphatic rings. The van der Waals surface area contributed by atoms with E-state index in [0.717, 1.165) is 32.1 Å². The minimum atomic E-state index is -0.850. The van der Waals surface area contributed by atoms with Crippen LogP contribution in [0.4, 0.5) is 0 Å². The molecule has 0 heterocycles. The number of rotatable bonds is 7. The summed E-state index contributed by atoms with van der Waals surface area (Å²) in [6.45, 7) is 0. The zero-order chi connectivity index (χ0) is 13.2. The Labute approximate surface area is 107 Å². The Morgan fingerprint density at radius 3 is 2.50 bits per heavy atom. The summed E-state index contributed by atoms with van der Waals surface area (Å²) in [4.78, 5) is 22.7. The highest BCUT2D eigenvalue weighted by Gasteiger charge is 2.40. The first-order valence-corrected chi connectivity index (χ1v) is 6.61. The van der Waals surface area contributed by atoms with Crippen molar-refractivity contribution < 1.29 is 19.4 Å². The van der Waals surface area contributed by atoms with Gasteiger partial charge in [-0.05, 0) is 38.0 Å². The highest BCUT2D eigenvalue weighted by atomic mass is 16.5. The van der Waals surface area contributed by atoms with Crippen molar-refractivity contribution in [2.24, 2.45) is 5.92 Å². The van der Waals surface area contributed by atoms with Crippen LogP contribution in [-0.2, 0) is 14.3 Å². The first-order chi connectivity index (χ1) is 8.54. The number of carbonyl (C=O) groups is 2. The maximum atomic E-state index is 12.0. The van der Waals surface area contributed by atoms with E-state index in [1.54, 1.807) is 7.11 Å². The zero-order valence-electron chi connectivity index (χ0n) is 10.8. The van der Waals surface area contributed by atoms with Crippen LogP contribution < -0.4 is 5.32 Å². The third-order valence-corrected chi connectivity index (χ3v) is 4.11.